The molecule has 0 amide bonds. The molecular formula is C14H13N3OS. The van der Waals surface area contributed by atoms with Gasteiger partial charge in [0.15, 0.2) is 0 Å². The minimum atomic E-state index is 0.613. The average Bonchev–Trinajstić information content (AvgIpc) is 2.90. The van der Waals surface area contributed by atoms with Crippen molar-refractivity contribution in [2.75, 3.05) is 19.5 Å². The number of methoxy groups -OCH3 is 1. The Bertz CT molecular complexity index is 706. The molecule has 0 saturated carbocycles. The van der Waals surface area contributed by atoms with Gasteiger partial charge in [-0.25, -0.2) is 9.97 Å². The van der Waals surface area contributed by atoms with Gasteiger partial charge in [-0.1, -0.05) is 0 Å². The van der Waals surface area contributed by atoms with Crippen LogP contribution in [-0.2, 0) is 0 Å². The number of anilines is 1. The fourth-order valence-electron chi connectivity index (χ4n) is 1.83. The molecule has 1 aromatic carbocycles. The van der Waals surface area contributed by atoms with Gasteiger partial charge in [-0.2, -0.15) is 0 Å². The number of pyridine rings is 1. The lowest BCUT2D eigenvalue weighted by atomic mass is 10.3. The molecule has 0 aliphatic heterocycles. The summed E-state index contributed by atoms with van der Waals surface area (Å²) in [5.74, 6) is 0.613. The van der Waals surface area contributed by atoms with E-state index in [0.29, 0.717) is 5.88 Å². The van der Waals surface area contributed by atoms with Gasteiger partial charge in [-0.05, 0) is 24.3 Å². The molecule has 0 aliphatic rings. The summed E-state index contributed by atoms with van der Waals surface area (Å²) in [5, 5.41) is 4.10. The summed E-state index contributed by atoms with van der Waals surface area (Å²) in [7, 11) is 3.52. The number of benzene rings is 1. The van der Waals surface area contributed by atoms with Crippen LogP contribution in [-0.4, -0.2) is 24.1 Å². The molecule has 3 rings (SSSR count). The third-order valence-corrected chi connectivity index (χ3v) is 3.94. The zero-order valence-corrected chi connectivity index (χ0v) is 11.5. The Hall–Kier alpha value is -2.14. The number of nitrogens with zero attached hydrogens (tertiary/aromatic N) is 2. The van der Waals surface area contributed by atoms with Gasteiger partial charge in [0.2, 0.25) is 5.88 Å². The molecule has 96 valence electrons. The third-order valence-electron chi connectivity index (χ3n) is 2.87. The summed E-state index contributed by atoms with van der Waals surface area (Å²) in [5.41, 5.74) is 3.11. The molecule has 2 heterocycles. The summed E-state index contributed by atoms with van der Waals surface area (Å²) in [6, 6.07) is 9.98. The van der Waals surface area contributed by atoms with Gasteiger partial charge in [0, 0.05) is 30.6 Å². The molecular weight excluding hydrogens is 258 g/mol. The van der Waals surface area contributed by atoms with Crippen molar-refractivity contribution < 1.29 is 4.74 Å². The van der Waals surface area contributed by atoms with Crippen molar-refractivity contribution in [3.8, 4) is 16.5 Å². The number of hydrogen-bond donors (Lipinski definition) is 1. The molecule has 0 fully saturated rings. The minimum Gasteiger partial charge on any atom is -0.481 e. The number of nitrogens with one attached hydrogen (secondary N) is 1. The van der Waals surface area contributed by atoms with Crippen molar-refractivity contribution in [3.05, 3.63) is 36.5 Å². The number of thiazole rings is 1. The first-order chi connectivity index (χ1) is 9.30. The van der Waals surface area contributed by atoms with E-state index in [9.17, 15) is 0 Å². The molecule has 1 N–H and O–H groups in total. The van der Waals surface area contributed by atoms with Crippen LogP contribution >= 0.6 is 11.3 Å². The molecule has 0 saturated heterocycles. The molecule has 0 radical (unpaired) electrons. The summed E-state index contributed by atoms with van der Waals surface area (Å²) in [6.07, 6.45) is 1.79. The van der Waals surface area contributed by atoms with Gasteiger partial charge in [-0.3, -0.25) is 0 Å². The van der Waals surface area contributed by atoms with Crippen LogP contribution in [0.3, 0.4) is 0 Å². The van der Waals surface area contributed by atoms with E-state index < -0.39 is 0 Å². The van der Waals surface area contributed by atoms with Crippen LogP contribution in [0, 0.1) is 0 Å². The molecule has 19 heavy (non-hydrogen) atoms. The molecule has 0 bridgehead atoms. The zero-order valence-electron chi connectivity index (χ0n) is 10.7. The second kappa shape index (κ2) is 4.85. The Kier molecular flexibility index (Phi) is 3.05. The molecule has 0 spiro atoms. The number of fused-ring (bicyclic) bond motifs is 1. The van der Waals surface area contributed by atoms with Crippen LogP contribution in [0.5, 0.6) is 5.88 Å². The normalized spacial score (nSPS) is 10.6. The Morgan fingerprint density at radius 2 is 2.11 bits per heavy atom. The molecule has 0 atom stereocenters. The first-order valence-corrected chi connectivity index (χ1v) is 6.70. The number of hydrogen-bond acceptors (Lipinski definition) is 5. The van der Waals surface area contributed by atoms with Crippen LogP contribution in [0.4, 0.5) is 5.69 Å². The molecule has 0 aliphatic carbocycles. The van der Waals surface area contributed by atoms with E-state index in [1.165, 1.54) is 0 Å². The topological polar surface area (TPSA) is 47.0 Å². The highest BCUT2D eigenvalue weighted by atomic mass is 32.1. The van der Waals surface area contributed by atoms with Crippen LogP contribution in [0.25, 0.3) is 20.8 Å². The van der Waals surface area contributed by atoms with Gasteiger partial charge < -0.3 is 10.1 Å². The van der Waals surface area contributed by atoms with Gasteiger partial charge in [-0.15, -0.1) is 11.3 Å². The lowest BCUT2D eigenvalue weighted by molar-refractivity contribution is 0.398. The second-order valence-corrected chi connectivity index (χ2v) is 5.07. The monoisotopic (exact) mass is 271 g/mol. The Balaban J connectivity index is 2.04. The summed E-state index contributed by atoms with van der Waals surface area (Å²) in [6.45, 7) is 0. The first kappa shape index (κ1) is 11.9. The summed E-state index contributed by atoms with van der Waals surface area (Å²) in [4.78, 5) is 8.83. The number of rotatable bonds is 3. The first-order valence-electron chi connectivity index (χ1n) is 5.89. The second-order valence-electron chi connectivity index (χ2n) is 4.04. The molecule has 2 aromatic heterocycles. The maximum Gasteiger partial charge on any atom is 0.212 e. The van der Waals surface area contributed by atoms with E-state index in [2.05, 4.69) is 21.4 Å². The molecule has 5 heteroatoms. The molecule has 0 unspecified atom stereocenters. The van der Waals surface area contributed by atoms with Gasteiger partial charge in [0.1, 0.15) is 5.01 Å². The lowest BCUT2D eigenvalue weighted by Crippen LogP contribution is -1.86. The van der Waals surface area contributed by atoms with Crippen molar-refractivity contribution in [1.82, 2.24) is 9.97 Å². The van der Waals surface area contributed by atoms with Crippen molar-refractivity contribution in [2.24, 2.45) is 0 Å². The largest absolute Gasteiger partial charge is 0.481 e. The smallest absolute Gasteiger partial charge is 0.212 e. The van der Waals surface area contributed by atoms with Crippen LogP contribution in [0.15, 0.2) is 36.5 Å². The van der Waals surface area contributed by atoms with E-state index in [-0.39, 0.29) is 0 Å². The van der Waals surface area contributed by atoms with E-state index in [4.69, 9.17) is 4.74 Å². The van der Waals surface area contributed by atoms with Crippen molar-refractivity contribution in [2.45, 2.75) is 0 Å². The summed E-state index contributed by atoms with van der Waals surface area (Å²) >= 11 is 1.66. The minimum absolute atomic E-state index is 0.613. The predicted molar refractivity (Wildman–Crippen MR) is 78.9 cm³/mol. The lowest BCUT2D eigenvalue weighted by Gasteiger charge is -1.98. The van der Waals surface area contributed by atoms with Gasteiger partial charge >= 0.3 is 0 Å². The Morgan fingerprint density at radius 3 is 2.79 bits per heavy atom. The fourth-order valence-corrected chi connectivity index (χ4v) is 2.83. The number of aromatic nitrogens is 2. The van der Waals surface area contributed by atoms with E-state index >= 15 is 0 Å². The quantitative estimate of drug-likeness (QED) is 0.793. The van der Waals surface area contributed by atoms with Gasteiger partial charge in [0.25, 0.3) is 0 Å². The number of ether oxygens (including phenoxy) is 1. The third kappa shape index (κ3) is 2.24. The highest BCUT2D eigenvalue weighted by Crippen LogP contribution is 2.31. The van der Waals surface area contributed by atoms with Crippen LogP contribution in [0.1, 0.15) is 0 Å². The SMILES string of the molecule is CNc1ccc2nc(-c3ccc(OC)nc3)sc2c1. The van der Waals surface area contributed by atoms with Crippen LogP contribution < -0.4 is 10.1 Å². The van der Waals surface area contributed by atoms with Crippen molar-refractivity contribution in [1.29, 1.82) is 0 Å². The Labute approximate surface area is 115 Å². The Morgan fingerprint density at radius 1 is 1.21 bits per heavy atom. The maximum atomic E-state index is 5.06. The molecule has 3 aromatic rings. The maximum absolute atomic E-state index is 5.06. The zero-order chi connectivity index (χ0) is 13.2. The van der Waals surface area contributed by atoms with Crippen molar-refractivity contribution in [3.63, 3.8) is 0 Å². The van der Waals surface area contributed by atoms with E-state index in [1.54, 1.807) is 24.6 Å². The van der Waals surface area contributed by atoms with E-state index in [1.807, 2.05) is 31.3 Å². The van der Waals surface area contributed by atoms with E-state index in [0.717, 1.165) is 26.5 Å². The van der Waals surface area contributed by atoms with Gasteiger partial charge in [0.05, 0.1) is 17.3 Å². The predicted octanol–water partition coefficient (Wildman–Crippen LogP) is 3.41. The average molecular weight is 271 g/mol. The highest BCUT2D eigenvalue weighted by molar-refractivity contribution is 7.21. The standard InChI is InChI=1S/C14H13N3OS/c1-15-10-4-5-11-12(7-10)19-14(17-11)9-3-6-13(18-2)16-8-9/h3-8,15H,1-2H3. The highest BCUT2D eigenvalue weighted by Gasteiger charge is 2.07. The molecule has 4 nitrogen and oxygen atoms in total. The van der Waals surface area contributed by atoms with Crippen molar-refractivity contribution >= 4 is 27.2 Å². The van der Waals surface area contributed by atoms with Crippen LogP contribution in [0.2, 0.25) is 0 Å². The summed E-state index contributed by atoms with van der Waals surface area (Å²) < 4.78 is 6.22. The fraction of sp³-hybridized carbons (Fsp3) is 0.143.